The number of carbonyl (C=O) groups is 1. The first-order valence-corrected chi connectivity index (χ1v) is 10.4. The Labute approximate surface area is 173 Å². The standard InChI is InChI=1S/C21H22N6OS/c1-4-29-21-25-20-23-14(3)17(19(28)24-16-10-6-5-8-13(16)2)18(27(20)26-21)15-9-7-11-22-12-15/h5-12,18H,4H2,1-3H3,(H,24,28)(H,23,25,26). The Morgan fingerprint density at radius 3 is 2.79 bits per heavy atom. The summed E-state index contributed by atoms with van der Waals surface area (Å²) in [6, 6.07) is 11.1. The summed E-state index contributed by atoms with van der Waals surface area (Å²) in [4.78, 5) is 22.2. The van der Waals surface area contributed by atoms with E-state index >= 15 is 0 Å². The minimum Gasteiger partial charge on any atom is -0.328 e. The first-order valence-electron chi connectivity index (χ1n) is 9.42. The van der Waals surface area contributed by atoms with Gasteiger partial charge in [-0.25, -0.2) is 4.68 Å². The first kappa shape index (κ1) is 19.2. The number of nitrogens with zero attached hydrogens (tertiary/aromatic N) is 4. The second-order valence-corrected chi connectivity index (χ2v) is 7.95. The van der Waals surface area contributed by atoms with Gasteiger partial charge in [-0.15, -0.1) is 5.10 Å². The minimum absolute atomic E-state index is 0.177. The van der Waals surface area contributed by atoms with Crippen molar-refractivity contribution in [3.05, 3.63) is 71.2 Å². The molecule has 29 heavy (non-hydrogen) atoms. The van der Waals surface area contributed by atoms with Crippen LogP contribution in [0.25, 0.3) is 0 Å². The number of anilines is 2. The molecular formula is C21H22N6OS. The highest BCUT2D eigenvalue weighted by Gasteiger charge is 2.34. The third-order valence-electron chi connectivity index (χ3n) is 4.74. The molecule has 0 bridgehead atoms. The Morgan fingerprint density at radius 1 is 1.24 bits per heavy atom. The van der Waals surface area contributed by atoms with Crippen LogP contribution in [0.15, 0.2) is 65.2 Å². The van der Waals surface area contributed by atoms with Gasteiger partial charge in [-0.05, 0) is 42.9 Å². The molecule has 0 saturated carbocycles. The van der Waals surface area contributed by atoms with Gasteiger partial charge >= 0.3 is 0 Å². The van der Waals surface area contributed by atoms with E-state index in [0.717, 1.165) is 28.3 Å². The predicted molar refractivity (Wildman–Crippen MR) is 115 cm³/mol. The summed E-state index contributed by atoms with van der Waals surface area (Å²) >= 11 is 1.56. The van der Waals surface area contributed by atoms with Crippen molar-refractivity contribution >= 4 is 29.3 Å². The average molecular weight is 407 g/mol. The summed E-state index contributed by atoms with van der Waals surface area (Å²) in [6.07, 6.45) is 3.48. The van der Waals surface area contributed by atoms with E-state index in [4.69, 9.17) is 0 Å². The number of hydrogen-bond acceptors (Lipinski definition) is 6. The number of para-hydroxylation sites is 1. The molecule has 0 spiro atoms. The lowest BCUT2D eigenvalue weighted by molar-refractivity contribution is -0.113. The third kappa shape index (κ3) is 3.75. The zero-order chi connectivity index (χ0) is 20.4. The van der Waals surface area contributed by atoms with Crippen molar-refractivity contribution in [2.45, 2.75) is 32.0 Å². The van der Waals surface area contributed by atoms with E-state index in [1.54, 1.807) is 28.8 Å². The Balaban J connectivity index is 1.77. The molecule has 0 aliphatic carbocycles. The number of hydrogen-bond donors (Lipinski definition) is 2. The zero-order valence-corrected chi connectivity index (χ0v) is 17.3. The van der Waals surface area contributed by atoms with Crippen molar-refractivity contribution in [2.24, 2.45) is 0 Å². The van der Waals surface area contributed by atoms with Gasteiger partial charge in [0.15, 0.2) is 0 Å². The van der Waals surface area contributed by atoms with Crippen molar-refractivity contribution in [1.29, 1.82) is 0 Å². The molecule has 0 radical (unpaired) electrons. The second-order valence-electron chi connectivity index (χ2n) is 6.72. The van der Waals surface area contributed by atoms with E-state index in [9.17, 15) is 4.79 Å². The van der Waals surface area contributed by atoms with Gasteiger partial charge in [0.05, 0.1) is 5.57 Å². The summed E-state index contributed by atoms with van der Waals surface area (Å²) in [5, 5.41) is 11.6. The summed E-state index contributed by atoms with van der Waals surface area (Å²) in [6.45, 7) is 5.92. The Kier molecular flexibility index (Phi) is 5.35. The maximum absolute atomic E-state index is 13.4. The molecule has 148 valence electrons. The van der Waals surface area contributed by atoms with E-state index < -0.39 is 6.04 Å². The van der Waals surface area contributed by atoms with E-state index in [1.807, 2.05) is 50.2 Å². The van der Waals surface area contributed by atoms with Gasteiger partial charge in [-0.3, -0.25) is 9.78 Å². The molecule has 1 aliphatic heterocycles. The molecule has 2 aromatic heterocycles. The van der Waals surface area contributed by atoms with Gasteiger partial charge < -0.3 is 10.6 Å². The van der Waals surface area contributed by atoms with Crippen LogP contribution >= 0.6 is 11.8 Å². The fourth-order valence-corrected chi connectivity index (χ4v) is 3.92. The van der Waals surface area contributed by atoms with Crippen LogP contribution in [0.5, 0.6) is 0 Å². The smallest absolute Gasteiger partial charge is 0.255 e. The molecule has 1 aromatic carbocycles. The van der Waals surface area contributed by atoms with Crippen molar-refractivity contribution in [1.82, 2.24) is 19.7 Å². The summed E-state index contributed by atoms with van der Waals surface area (Å²) < 4.78 is 1.77. The third-order valence-corrected chi connectivity index (χ3v) is 5.46. The zero-order valence-electron chi connectivity index (χ0n) is 16.5. The van der Waals surface area contributed by atoms with Crippen LogP contribution < -0.4 is 10.6 Å². The number of thioether (sulfide) groups is 1. The number of benzene rings is 1. The molecule has 4 rings (SSSR count). The number of carbonyl (C=O) groups excluding carboxylic acids is 1. The molecule has 1 atom stereocenters. The molecule has 0 fully saturated rings. The lowest BCUT2D eigenvalue weighted by Gasteiger charge is -2.28. The monoisotopic (exact) mass is 406 g/mol. The molecule has 1 unspecified atom stereocenters. The molecule has 3 aromatic rings. The highest BCUT2D eigenvalue weighted by atomic mass is 32.2. The van der Waals surface area contributed by atoms with E-state index in [1.165, 1.54) is 0 Å². The van der Waals surface area contributed by atoms with Crippen LogP contribution in [0.2, 0.25) is 0 Å². The minimum atomic E-state index is -0.414. The number of aryl methyl sites for hydroxylation is 1. The second kappa shape index (κ2) is 8.08. The summed E-state index contributed by atoms with van der Waals surface area (Å²) in [5.74, 6) is 1.32. The van der Waals surface area contributed by atoms with Crippen molar-refractivity contribution < 1.29 is 4.79 Å². The fraction of sp³-hybridized carbons (Fsp3) is 0.238. The van der Waals surface area contributed by atoms with Gasteiger partial charge in [0, 0.05) is 23.8 Å². The summed E-state index contributed by atoms with van der Waals surface area (Å²) in [7, 11) is 0. The number of pyridine rings is 1. The molecular weight excluding hydrogens is 384 g/mol. The molecule has 2 N–H and O–H groups in total. The lowest BCUT2D eigenvalue weighted by Crippen LogP contribution is -2.31. The highest BCUT2D eigenvalue weighted by molar-refractivity contribution is 7.99. The number of amides is 1. The van der Waals surface area contributed by atoms with Gasteiger partial charge in [0.25, 0.3) is 5.91 Å². The number of aromatic nitrogens is 4. The molecule has 1 aliphatic rings. The number of fused-ring (bicyclic) bond motifs is 1. The van der Waals surface area contributed by atoms with Crippen molar-refractivity contribution in [3.63, 3.8) is 0 Å². The van der Waals surface area contributed by atoms with Crippen molar-refractivity contribution in [2.75, 3.05) is 16.4 Å². The van der Waals surface area contributed by atoms with Crippen LogP contribution in [-0.4, -0.2) is 31.4 Å². The fourth-order valence-electron chi connectivity index (χ4n) is 3.36. The summed E-state index contributed by atoms with van der Waals surface area (Å²) in [5.41, 5.74) is 4.00. The van der Waals surface area contributed by atoms with Gasteiger partial charge in [-0.2, -0.15) is 4.98 Å². The Hall–Kier alpha value is -3.13. The SMILES string of the molecule is CCSc1nc2n(n1)C(c1cccnc1)C(C(=O)Nc1ccccc1C)=C(C)N2. The van der Waals surface area contributed by atoms with Crippen molar-refractivity contribution in [3.8, 4) is 0 Å². The maximum Gasteiger partial charge on any atom is 0.255 e. The molecule has 8 heteroatoms. The molecule has 1 amide bonds. The number of allylic oxidation sites excluding steroid dienone is 1. The van der Waals surface area contributed by atoms with Crippen LogP contribution in [-0.2, 0) is 4.79 Å². The van der Waals surface area contributed by atoms with Crippen LogP contribution in [0, 0.1) is 6.92 Å². The van der Waals surface area contributed by atoms with Gasteiger partial charge in [0.1, 0.15) is 6.04 Å². The Morgan fingerprint density at radius 2 is 2.07 bits per heavy atom. The van der Waals surface area contributed by atoms with Crippen LogP contribution in [0.1, 0.15) is 31.0 Å². The van der Waals surface area contributed by atoms with Gasteiger partial charge in [-0.1, -0.05) is 43.0 Å². The lowest BCUT2D eigenvalue weighted by atomic mass is 9.96. The van der Waals surface area contributed by atoms with Crippen LogP contribution in [0.4, 0.5) is 11.6 Å². The number of rotatable bonds is 5. The largest absolute Gasteiger partial charge is 0.328 e. The van der Waals surface area contributed by atoms with Gasteiger partial charge in [0.2, 0.25) is 11.1 Å². The molecule has 7 nitrogen and oxygen atoms in total. The quantitative estimate of drug-likeness (QED) is 0.623. The van der Waals surface area contributed by atoms with E-state index in [0.29, 0.717) is 16.7 Å². The average Bonchev–Trinajstić information content (AvgIpc) is 3.11. The molecule has 0 saturated heterocycles. The Bertz CT molecular complexity index is 1080. The molecule has 3 heterocycles. The van der Waals surface area contributed by atoms with Crippen LogP contribution in [0.3, 0.4) is 0 Å². The normalized spacial score (nSPS) is 15.6. The first-order chi connectivity index (χ1) is 14.1. The number of nitrogens with one attached hydrogen (secondary N) is 2. The van der Waals surface area contributed by atoms with E-state index in [-0.39, 0.29) is 5.91 Å². The topological polar surface area (TPSA) is 84.7 Å². The predicted octanol–water partition coefficient (Wildman–Crippen LogP) is 4.02. The van der Waals surface area contributed by atoms with E-state index in [2.05, 4.69) is 32.6 Å². The maximum atomic E-state index is 13.4. The highest BCUT2D eigenvalue weighted by Crippen LogP contribution is 2.36.